The van der Waals surface area contributed by atoms with Crippen molar-refractivity contribution in [1.29, 1.82) is 0 Å². The van der Waals surface area contributed by atoms with Crippen molar-refractivity contribution in [2.24, 2.45) is 0 Å². The molecule has 4 nitrogen and oxygen atoms in total. The van der Waals surface area contributed by atoms with E-state index in [9.17, 15) is 0 Å². The molecule has 0 unspecified atom stereocenters. The van der Waals surface area contributed by atoms with Crippen LogP contribution in [0.25, 0.3) is 0 Å². The fraction of sp³-hybridized carbons (Fsp3) is 0. The van der Waals surface area contributed by atoms with Gasteiger partial charge in [-0.15, -0.1) is 0 Å². The second kappa shape index (κ2) is 12.4. The minimum Gasteiger partial charge on any atom is -0.759 e. The molecule has 0 aliphatic heterocycles. The molecule has 0 saturated heterocycles. The molecule has 1 aromatic rings. The summed E-state index contributed by atoms with van der Waals surface area (Å²) in [6, 6.07) is 12.0. The summed E-state index contributed by atoms with van der Waals surface area (Å²) in [5.41, 5.74) is 0. The van der Waals surface area contributed by atoms with Crippen LogP contribution in [0.2, 0.25) is 0 Å². The Morgan fingerprint density at radius 3 is 0.846 bits per heavy atom. The number of benzene rings is 1. The van der Waals surface area contributed by atoms with E-state index < -0.39 is 10.4 Å². The first-order valence-electron chi connectivity index (χ1n) is 2.67. The van der Waals surface area contributed by atoms with Crippen molar-refractivity contribution < 1.29 is 120 Å². The molecule has 0 spiro atoms. The predicted molar refractivity (Wildman–Crippen MR) is 36.9 cm³/mol. The molecule has 7 heteroatoms. The molecule has 13 heavy (non-hydrogen) atoms. The molecule has 1 rings (SSSR count). The summed E-state index contributed by atoms with van der Waals surface area (Å²) in [4.78, 5) is 0. The Morgan fingerprint density at radius 2 is 0.769 bits per heavy atom. The van der Waals surface area contributed by atoms with E-state index >= 15 is 0 Å². The smallest absolute Gasteiger partial charge is 0.759 e. The Kier molecular flexibility index (Phi) is 19.8. The molecule has 0 N–H and O–H groups in total. The maximum Gasteiger partial charge on any atom is 1.00 e. The van der Waals surface area contributed by atoms with Gasteiger partial charge >= 0.3 is 103 Å². The van der Waals surface area contributed by atoms with Crippen molar-refractivity contribution in [3.63, 3.8) is 0 Å². The molecule has 0 saturated carbocycles. The first-order chi connectivity index (χ1) is 5.00. The van der Waals surface area contributed by atoms with E-state index in [1.54, 1.807) is 0 Å². The number of hydrogen-bond acceptors (Lipinski definition) is 4. The summed E-state index contributed by atoms with van der Waals surface area (Å²) in [6.07, 6.45) is 0. The summed E-state index contributed by atoms with van der Waals surface area (Å²) in [7, 11) is -5.17. The second-order valence-electron chi connectivity index (χ2n) is 1.56. The quantitative estimate of drug-likeness (QED) is 0.262. The van der Waals surface area contributed by atoms with Gasteiger partial charge < -0.3 is 9.11 Å². The average molecular weight is 252 g/mol. The molecule has 0 aliphatic carbocycles. The molecule has 0 heterocycles. The largest absolute Gasteiger partial charge is 1.00 e. The molecular formula is C6H6K2O4S. The minimum atomic E-state index is -5.17. The standard InChI is InChI=1S/C6H6.2K.H2O4S/c1-2-4-6-5-3-1;;;1-5(2,3)4/h1-6H;;;(H2,1,2,3,4)/q;2*+1;/p-2. The van der Waals surface area contributed by atoms with Gasteiger partial charge in [-0.05, 0) is 0 Å². The molecule has 0 fully saturated rings. The summed E-state index contributed by atoms with van der Waals surface area (Å²) in [5.74, 6) is 0. The van der Waals surface area contributed by atoms with Gasteiger partial charge in [-0.2, -0.15) is 0 Å². The van der Waals surface area contributed by atoms with Crippen LogP contribution in [0.4, 0.5) is 0 Å². The van der Waals surface area contributed by atoms with Gasteiger partial charge in [0, 0.05) is 10.4 Å². The summed E-state index contributed by atoms with van der Waals surface area (Å²) in [6.45, 7) is 0. The van der Waals surface area contributed by atoms with Crippen molar-refractivity contribution in [1.82, 2.24) is 0 Å². The monoisotopic (exact) mass is 252 g/mol. The third kappa shape index (κ3) is 31.4. The van der Waals surface area contributed by atoms with E-state index in [2.05, 4.69) is 0 Å². The van der Waals surface area contributed by atoms with E-state index in [1.807, 2.05) is 36.4 Å². The summed E-state index contributed by atoms with van der Waals surface area (Å²) < 4.78 is 34.1. The third-order valence-electron chi connectivity index (χ3n) is 0.667. The van der Waals surface area contributed by atoms with Crippen LogP contribution in [-0.4, -0.2) is 17.5 Å². The van der Waals surface area contributed by atoms with Gasteiger partial charge in [0.05, 0.1) is 0 Å². The van der Waals surface area contributed by atoms with Gasteiger partial charge in [-0.1, -0.05) is 36.4 Å². The van der Waals surface area contributed by atoms with E-state index in [0.717, 1.165) is 0 Å². The topological polar surface area (TPSA) is 80.3 Å². The van der Waals surface area contributed by atoms with Gasteiger partial charge in [0.25, 0.3) is 0 Å². The van der Waals surface area contributed by atoms with Gasteiger partial charge in [0.2, 0.25) is 0 Å². The fourth-order valence-electron chi connectivity index (χ4n) is 0.385. The van der Waals surface area contributed by atoms with Crippen LogP contribution < -0.4 is 103 Å². The Hall–Kier alpha value is 2.36. The molecule has 62 valence electrons. The van der Waals surface area contributed by atoms with E-state index in [4.69, 9.17) is 17.5 Å². The maximum atomic E-state index is 8.52. The molecule has 0 amide bonds. The van der Waals surface area contributed by atoms with E-state index in [1.165, 1.54) is 0 Å². The Labute approximate surface area is 163 Å². The van der Waals surface area contributed by atoms with Crippen LogP contribution in [-0.2, 0) is 10.4 Å². The third-order valence-corrected chi connectivity index (χ3v) is 0.667. The van der Waals surface area contributed by atoms with E-state index in [0.29, 0.717) is 0 Å². The van der Waals surface area contributed by atoms with Crippen LogP contribution >= 0.6 is 0 Å². The minimum absolute atomic E-state index is 0. The molecule has 0 radical (unpaired) electrons. The average Bonchev–Trinajstić information content (AvgIpc) is 1.88. The zero-order valence-corrected chi connectivity index (χ0v) is 14.6. The zero-order chi connectivity index (χ0) is 8.74. The van der Waals surface area contributed by atoms with Gasteiger partial charge in [0.15, 0.2) is 0 Å². The molecule has 0 aromatic heterocycles. The molecule has 0 bridgehead atoms. The maximum absolute atomic E-state index is 8.52. The molecular weight excluding hydrogens is 246 g/mol. The van der Waals surface area contributed by atoms with Crippen molar-refractivity contribution in [3.05, 3.63) is 36.4 Å². The van der Waals surface area contributed by atoms with Crippen LogP contribution in [0.5, 0.6) is 0 Å². The van der Waals surface area contributed by atoms with Crippen LogP contribution in [0.1, 0.15) is 0 Å². The van der Waals surface area contributed by atoms with Crippen molar-refractivity contribution in [2.45, 2.75) is 0 Å². The second-order valence-corrected chi connectivity index (χ2v) is 2.38. The fourth-order valence-corrected chi connectivity index (χ4v) is 0.385. The Morgan fingerprint density at radius 1 is 0.692 bits per heavy atom. The Balaban J connectivity index is -0.000000136. The first-order valence-corrected chi connectivity index (χ1v) is 4.00. The van der Waals surface area contributed by atoms with Crippen LogP contribution in [0.3, 0.4) is 0 Å². The Bertz CT molecular complexity index is 239. The van der Waals surface area contributed by atoms with Crippen molar-refractivity contribution >= 4 is 10.4 Å². The van der Waals surface area contributed by atoms with E-state index in [-0.39, 0.29) is 103 Å². The summed E-state index contributed by atoms with van der Waals surface area (Å²) in [5, 5.41) is 0. The van der Waals surface area contributed by atoms with Crippen molar-refractivity contribution in [3.8, 4) is 0 Å². The normalized spacial score (nSPS) is 8.15. The predicted octanol–water partition coefficient (Wildman–Crippen LogP) is -5.64. The van der Waals surface area contributed by atoms with Gasteiger partial charge in [-0.25, -0.2) is 0 Å². The van der Waals surface area contributed by atoms with Crippen LogP contribution in [0, 0.1) is 0 Å². The van der Waals surface area contributed by atoms with Crippen LogP contribution in [0.15, 0.2) is 36.4 Å². The van der Waals surface area contributed by atoms with Gasteiger partial charge in [-0.3, -0.25) is 8.42 Å². The molecule has 1 aromatic carbocycles. The number of hydrogen-bond donors (Lipinski definition) is 0. The zero-order valence-electron chi connectivity index (χ0n) is 7.51. The first kappa shape index (κ1) is 20.7. The molecule has 0 aliphatic rings. The number of rotatable bonds is 0. The van der Waals surface area contributed by atoms with Crippen molar-refractivity contribution in [2.75, 3.05) is 0 Å². The SMILES string of the molecule is O=S(=O)([O-])[O-].[K+].[K+].c1ccccc1. The summed E-state index contributed by atoms with van der Waals surface area (Å²) >= 11 is 0. The van der Waals surface area contributed by atoms with Gasteiger partial charge in [0.1, 0.15) is 0 Å². The molecule has 0 atom stereocenters.